The zero-order valence-electron chi connectivity index (χ0n) is 9.61. The number of nitriles is 1. The van der Waals surface area contributed by atoms with Crippen molar-refractivity contribution >= 4 is 11.6 Å². The van der Waals surface area contributed by atoms with Crippen LogP contribution in [0.1, 0.15) is 17.0 Å². The van der Waals surface area contributed by atoms with Crippen LogP contribution >= 0.6 is 0 Å². The predicted octanol–water partition coefficient (Wildman–Crippen LogP) is 0.492. The Kier molecular flexibility index (Phi) is 3.46. The van der Waals surface area contributed by atoms with Crippen LogP contribution in [-0.2, 0) is 4.79 Å². The summed E-state index contributed by atoms with van der Waals surface area (Å²) in [4.78, 5) is 16.7. The van der Waals surface area contributed by atoms with E-state index in [0.29, 0.717) is 16.9 Å². The van der Waals surface area contributed by atoms with Gasteiger partial charge >= 0.3 is 0 Å². The average molecular weight is 218 g/mol. The maximum Gasteiger partial charge on any atom is 0.236 e. The summed E-state index contributed by atoms with van der Waals surface area (Å²) in [5, 5.41) is 9.04. The van der Waals surface area contributed by atoms with Gasteiger partial charge in [0.25, 0.3) is 0 Å². The molecule has 1 heterocycles. The van der Waals surface area contributed by atoms with Gasteiger partial charge in [-0.25, -0.2) is 0 Å². The molecule has 0 unspecified atom stereocenters. The maximum absolute atomic E-state index is 10.8. The smallest absolute Gasteiger partial charge is 0.236 e. The highest BCUT2D eigenvalue weighted by atomic mass is 16.1. The number of carbonyl (C=O) groups is 1. The second kappa shape index (κ2) is 4.62. The number of primary amides is 1. The van der Waals surface area contributed by atoms with Crippen molar-refractivity contribution in [2.45, 2.75) is 13.8 Å². The fourth-order valence-electron chi connectivity index (χ4n) is 1.57. The number of nitrogens with two attached hydrogens (primary N) is 1. The van der Waals surface area contributed by atoms with Crippen LogP contribution in [-0.4, -0.2) is 24.5 Å². The maximum atomic E-state index is 10.8. The van der Waals surface area contributed by atoms with Gasteiger partial charge in [-0.05, 0) is 19.9 Å². The van der Waals surface area contributed by atoms with Crippen LogP contribution in [0.4, 0.5) is 5.69 Å². The number of likely N-dealkylation sites (N-methyl/N-ethyl adjacent to an activating group) is 1. The van der Waals surface area contributed by atoms with E-state index in [1.807, 2.05) is 6.92 Å². The molecule has 0 aliphatic rings. The Morgan fingerprint density at radius 1 is 1.62 bits per heavy atom. The number of pyridine rings is 1. The molecule has 0 saturated heterocycles. The molecule has 84 valence electrons. The molecule has 0 saturated carbocycles. The largest absolute Gasteiger partial charge is 0.368 e. The second-order valence-electron chi connectivity index (χ2n) is 3.68. The lowest BCUT2D eigenvalue weighted by atomic mass is 10.1. The average Bonchev–Trinajstić information content (AvgIpc) is 2.15. The number of aryl methyl sites for hydroxylation is 2. The number of rotatable bonds is 3. The van der Waals surface area contributed by atoms with Crippen molar-refractivity contribution < 1.29 is 4.79 Å². The predicted molar refractivity (Wildman–Crippen MR) is 60.9 cm³/mol. The molecule has 1 amide bonds. The van der Waals surface area contributed by atoms with Gasteiger partial charge in [-0.15, -0.1) is 0 Å². The summed E-state index contributed by atoms with van der Waals surface area (Å²) >= 11 is 0. The van der Waals surface area contributed by atoms with E-state index in [1.54, 1.807) is 24.9 Å². The van der Waals surface area contributed by atoms with Crippen molar-refractivity contribution in [1.29, 1.82) is 5.26 Å². The van der Waals surface area contributed by atoms with E-state index in [2.05, 4.69) is 11.1 Å². The van der Waals surface area contributed by atoms with Crippen LogP contribution in [0.15, 0.2) is 6.07 Å². The standard InChI is InChI=1S/C11H14N4O/c1-7-4-10(15(3)6-11(13)16)9(5-12)8(2)14-7/h4H,6H2,1-3H3,(H2,13,16). The molecule has 1 aromatic rings. The lowest BCUT2D eigenvalue weighted by Crippen LogP contribution is -2.31. The van der Waals surface area contributed by atoms with E-state index < -0.39 is 5.91 Å². The summed E-state index contributed by atoms with van der Waals surface area (Å²) in [5.74, 6) is -0.432. The van der Waals surface area contributed by atoms with Gasteiger partial charge in [0.2, 0.25) is 5.91 Å². The van der Waals surface area contributed by atoms with E-state index >= 15 is 0 Å². The quantitative estimate of drug-likeness (QED) is 0.800. The van der Waals surface area contributed by atoms with Gasteiger partial charge < -0.3 is 10.6 Å². The molecule has 0 radical (unpaired) electrons. The van der Waals surface area contributed by atoms with Crippen molar-refractivity contribution in [1.82, 2.24) is 4.98 Å². The summed E-state index contributed by atoms with van der Waals surface area (Å²) in [6.45, 7) is 3.69. The first kappa shape index (κ1) is 12.0. The first-order valence-electron chi connectivity index (χ1n) is 4.83. The number of amides is 1. The van der Waals surface area contributed by atoms with Crippen molar-refractivity contribution in [2.24, 2.45) is 5.73 Å². The monoisotopic (exact) mass is 218 g/mol. The molecule has 0 aliphatic heterocycles. The van der Waals surface area contributed by atoms with Crippen LogP contribution < -0.4 is 10.6 Å². The van der Waals surface area contributed by atoms with Gasteiger partial charge in [0.05, 0.1) is 23.5 Å². The van der Waals surface area contributed by atoms with Gasteiger partial charge in [-0.2, -0.15) is 5.26 Å². The molecular weight excluding hydrogens is 204 g/mol. The lowest BCUT2D eigenvalue weighted by molar-refractivity contribution is -0.116. The van der Waals surface area contributed by atoms with Crippen molar-refractivity contribution in [3.8, 4) is 6.07 Å². The Bertz CT molecular complexity index is 462. The van der Waals surface area contributed by atoms with Crippen molar-refractivity contribution in [3.05, 3.63) is 23.0 Å². The zero-order chi connectivity index (χ0) is 12.3. The topological polar surface area (TPSA) is 83.0 Å². The molecule has 5 heteroatoms. The summed E-state index contributed by atoms with van der Waals surface area (Å²) in [6.07, 6.45) is 0. The van der Waals surface area contributed by atoms with Crippen molar-refractivity contribution in [2.75, 3.05) is 18.5 Å². The van der Waals surface area contributed by atoms with Crippen LogP contribution in [0.5, 0.6) is 0 Å². The SMILES string of the molecule is Cc1cc(N(C)CC(N)=O)c(C#N)c(C)n1. The summed E-state index contributed by atoms with van der Waals surface area (Å²) < 4.78 is 0. The van der Waals surface area contributed by atoms with E-state index in [4.69, 9.17) is 11.0 Å². The molecule has 5 nitrogen and oxygen atoms in total. The Labute approximate surface area is 94.5 Å². The molecule has 1 aromatic heterocycles. The third-order valence-corrected chi connectivity index (χ3v) is 2.22. The molecule has 0 aliphatic carbocycles. The first-order valence-corrected chi connectivity index (χ1v) is 4.83. The Morgan fingerprint density at radius 3 is 2.75 bits per heavy atom. The number of hydrogen-bond acceptors (Lipinski definition) is 4. The van der Waals surface area contributed by atoms with Gasteiger partial charge in [0.15, 0.2) is 0 Å². The van der Waals surface area contributed by atoms with E-state index in [-0.39, 0.29) is 6.54 Å². The highest BCUT2D eigenvalue weighted by Crippen LogP contribution is 2.21. The number of aromatic nitrogens is 1. The fourth-order valence-corrected chi connectivity index (χ4v) is 1.57. The highest BCUT2D eigenvalue weighted by Gasteiger charge is 2.13. The number of nitrogens with zero attached hydrogens (tertiary/aromatic N) is 3. The van der Waals surface area contributed by atoms with E-state index in [9.17, 15) is 4.79 Å². The van der Waals surface area contributed by atoms with Gasteiger partial charge in [0, 0.05) is 12.7 Å². The molecule has 0 fully saturated rings. The minimum atomic E-state index is -0.432. The highest BCUT2D eigenvalue weighted by molar-refractivity contribution is 5.80. The number of carbonyl (C=O) groups excluding carboxylic acids is 1. The third kappa shape index (κ3) is 2.48. The van der Waals surface area contributed by atoms with Crippen LogP contribution in [0, 0.1) is 25.2 Å². The molecule has 1 rings (SSSR count). The molecule has 0 aromatic carbocycles. The summed E-state index contributed by atoms with van der Waals surface area (Å²) in [5.41, 5.74) is 7.76. The third-order valence-electron chi connectivity index (χ3n) is 2.22. The minimum Gasteiger partial charge on any atom is -0.368 e. The van der Waals surface area contributed by atoms with Crippen LogP contribution in [0.2, 0.25) is 0 Å². The van der Waals surface area contributed by atoms with E-state index in [0.717, 1.165) is 5.69 Å². The molecular formula is C11H14N4O. The zero-order valence-corrected chi connectivity index (χ0v) is 9.61. The number of hydrogen-bond donors (Lipinski definition) is 1. The Hall–Kier alpha value is -2.09. The van der Waals surface area contributed by atoms with Gasteiger partial charge in [-0.3, -0.25) is 9.78 Å². The normalized spacial score (nSPS) is 9.62. The Balaban J connectivity index is 3.21. The first-order chi connectivity index (χ1) is 7.45. The van der Waals surface area contributed by atoms with E-state index in [1.165, 1.54) is 0 Å². The Morgan fingerprint density at radius 2 is 2.25 bits per heavy atom. The van der Waals surface area contributed by atoms with Gasteiger partial charge in [-0.1, -0.05) is 0 Å². The molecule has 2 N–H and O–H groups in total. The molecule has 0 bridgehead atoms. The summed E-state index contributed by atoms with van der Waals surface area (Å²) in [6, 6.07) is 3.86. The summed E-state index contributed by atoms with van der Waals surface area (Å²) in [7, 11) is 1.72. The molecule has 16 heavy (non-hydrogen) atoms. The van der Waals surface area contributed by atoms with Crippen LogP contribution in [0.3, 0.4) is 0 Å². The molecule has 0 atom stereocenters. The van der Waals surface area contributed by atoms with Gasteiger partial charge in [0.1, 0.15) is 6.07 Å². The van der Waals surface area contributed by atoms with Crippen molar-refractivity contribution in [3.63, 3.8) is 0 Å². The number of anilines is 1. The fraction of sp³-hybridized carbons (Fsp3) is 0.364. The molecule has 0 spiro atoms. The lowest BCUT2D eigenvalue weighted by Gasteiger charge is -2.19. The second-order valence-corrected chi connectivity index (χ2v) is 3.68. The minimum absolute atomic E-state index is 0.0809. The van der Waals surface area contributed by atoms with Crippen LogP contribution in [0.25, 0.3) is 0 Å².